The van der Waals surface area contributed by atoms with Crippen LogP contribution in [0.15, 0.2) is 131 Å². The summed E-state index contributed by atoms with van der Waals surface area (Å²) in [5.74, 6) is 0.857. The summed E-state index contributed by atoms with van der Waals surface area (Å²) in [5.41, 5.74) is 11.9. The monoisotopic (exact) mass is 638 g/mol. The van der Waals surface area contributed by atoms with Gasteiger partial charge in [0.1, 0.15) is 0 Å². The summed E-state index contributed by atoms with van der Waals surface area (Å²) in [6.45, 7) is 5.17. The van der Waals surface area contributed by atoms with E-state index >= 15 is 0 Å². The number of hydrogen-bond donors (Lipinski definition) is 0. The van der Waals surface area contributed by atoms with Gasteiger partial charge in [-0.3, -0.25) is 0 Å². The van der Waals surface area contributed by atoms with E-state index in [1.165, 1.54) is 54.4 Å². The Hall–Kier alpha value is -3.43. The van der Waals surface area contributed by atoms with E-state index in [0.717, 1.165) is 18.8 Å². The first-order chi connectivity index (χ1) is 22.7. The van der Waals surface area contributed by atoms with Gasteiger partial charge < -0.3 is 9.80 Å². The normalized spacial score (nSPS) is 32.7. The number of rotatable bonds is 5. The number of allylic oxidation sites excluding steroid dienone is 4. The lowest BCUT2D eigenvalue weighted by Crippen LogP contribution is -2.68. The maximum absolute atomic E-state index is 2.82. The fraction of sp³-hybridized carbons (Fsp3) is 0.409. The predicted molar refractivity (Wildman–Crippen MR) is 201 cm³/mol. The first kappa shape index (κ1) is 29.7. The third kappa shape index (κ3) is 4.24. The van der Waals surface area contributed by atoms with Crippen LogP contribution in [0.2, 0.25) is 0 Å². The van der Waals surface area contributed by atoms with Gasteiger partial charge in [0, 0.05) is 22.7 Å². The number of benzene rings is 2. The summed E-state index contributed by atoms with van der Waals surface area (Å²) in [6, 6.07) is 21.0. The zero-order valence-corrected chi connectivity index (χ0v) is 29.7. The van der Waals surface area contributed by atoms with E-state index in [1.54, 1.807) is 27.2 Å². The Balaban J connectivity index is 1.19. The number of hydrogen-bond acceptors (Lipinski definition) is 2. The second-order valence-corrected chi connectivity index (χ2v) is 20.3. The maximum Gasteiger partial charge on any atom is 0.0774 e. The Labute approximate surface area is 284 Å². The summed E-state index contributed by atoms with van der Waals surface area (Å²) >= 11 is 0. The van der Waals surface area contributed by atoms with Crippen LogP contribution in [0.25, 0.3) is 5.57 Å². The molecule has 0 bridgehead atoms. The molecule has 0 aromatic heterocycles. The molecule has 242 valence electrons. The highest BCUT2D eigenvalue weighted by Crippen LogP contribution is 2.69. The van der Waals surface area contributed by atoms with E-state index in [1.807, 2.05) is 0 Å². The topological polar surface area (TPSA) is 6.48 Å². The molecule has 0 N–H and O–H groups in total. The smallest absolute Gasteiger partial charge is 0.0774 e. The van der Waals surface area contributed by atoms with Crippen LogP contribution in [0.4, 0.5) is 0 Å². The molecule has 4 aliphatic heterocycles. The van der Waals surface area contributed by atoms with Gasteiger partial charge in [0.2, 0.25) is 0 Å². The van der Waals surface area contributed by atoms with Gasteiger partial charge in [0.25, 0.3) is 0 Å². The first-order valence-electron chi connectivity index (χ1n) is 18.0. The highest BCUT2D eigenvalue weighted by molar-refractivity contribution is 8.35. The van der Waals surface area contributed by atoms with Crippen molar-refractivity contribution in [1.82, 2.24) is 9.80 Å². The average molecular weight is 639 g/mol. The second-order valence-electron chi connectivity index (χ2n) is 16.2. The highest BCUT2D eigenvalue weighted by atomic mass is 32.3. The zero-order chi connectivity index (χ0) is 32.1. The highest BCUT2D eigenvalue weighted by Gasteiger charge is 2.65. The molecular formula is C44H50N2S. The molecule has 1 saturated carbocycles. The van der Waals surface area contributed by atoms with Gasteiger partial charge in [-0.1, -0.05) is 122 Å². The van der Waals surface area contributed by atoms with Crippen molar-refractivity contribution in [2.24, 2.45) is 11.3 Å². The van der Waals surface area contributed by atoms with Crippen molar-refractivity contribution in [2.75, 3.05) is 18.8 Å². The van der Waals surface area contributed by atoms with Crippen LogP contribution in [-0.4, -0.2) is 40.1 Å². The van der Waals surface area contributed by atoms with Crippen molar-refractivity contribution in [2.45, 2.75) is 82.5 Å². The molecule has 2 nitrogen and oxygen atoms in total. The summed E-state index contributed by atoms with van der Waals surface area (Å²) in [5, 5.41) is 0. The van der Waals surface area contributed by atoms with Crippen LogP contribution >= 0.6 is 10.0 Å². The van der Waals surface area contributed by atoms with Crippen LogP contribution < -0.4 is 0 Å². The fourth-order valence-corrected chi connectivity index (χ4v) is 11.8. The lowest BCUT2D eigenvalue weighted by molar-refractivity contribution is 0.0343. The van der Waals surface area contributed by atoms with E-state index < -0.39 is 10.0 Å². The van der Waals surface area contributed by atoms with Crippen molar-refractivity contribution >= 4 is 15.6 Å². The Morgan fingerprint density at radius 1 is 0.851 bits per heavy atom. The molecule has 1 fully saturated rings. The van der Waals surface area contributed by atoms with Gasteiger partial charge in [0.05, 0.1) is 23.7 Å². The predicted octanol–water partition coefficient (Wildman–Crippen LogP) is 10.8. The molecule has 0 radical (unpaired) electrons. The lowest BCUT2D eigenvalue weighted by atomic mass is 9.47. The van der Waals surface area contributed by atoms with Crippen LogP contribution in [0.5, 0.6) is 0 Å². The first-order valence-corrected chi connectivity index (χ1v) is 20.9. The van der Waals surface area contributed by atoms with Crippen LogP contribution in [0.3, 0.4) is 0 Å². The van der Waals surface area contributed by atoms with Crippen molar-refractivity contribution in [3.63, 3.8) is 0 Å². The van der Waals surface area contributed by atoms with Gasteiger partial charge in [-0.25, -0.2) is 10.0 Å². The third-order valence-electron chi connectivity index (χ3n) is 12.9. The molecule has 9 rings (SSSR count). The van der Waals surface area contributed by atoms with Crippen molar-refractivity contribution in [1.29, 1.82) is 0 Å². The molecule has 2 aromatic carbocycles. The van der Waals surface area contributed by atoms with E-state index in [2.05, 4.69) is 146 Å². The molecule has 3 heteroatoms. The molecule has 47 heavy (non-hydrogen) atoms. The molecule has 0 amide bonds. The summed E-state index contributed by atoms with van der Waals surface area (Å²) in [6.07, 6.45) is 37.1. The Morgan fingerprint density at radius 3 is 2.36 bits per heavy atom. The lowest BCUT2D eigenvalue weighted by Gasteiger charge is -2.68. The molecule has 5 atom stereocenters. The molecule has 3 aliphatic carbocycles. The van der Waals surface area contributed by atoms with Crippen molar-refractivity contribution in [3.8, 4) is 0 Å². The molecule has 5 unspecified atom stereocenters. The minimum atomic E-state index is -0.905. The fourth-order valence-electron chi connectivity index (χ4n) is 10.4. The average Bonchev–Trinajstić information content (AvgIpc) is 3.71. The zero-order valence-electron chi connectivity index (χ0n) is 28.9. The molecule has 0 saturated heterocycles. The standard InChI is InChI=1S/C44H50N2S/c1-43-27-38(42-35-20-12-11-19-34(35)39-24-23-32(28-45(39)42)31-17-7-6-8-18-31)44(43,2)37-22-14-13-21-36(37)40-26-33(25-30-15-9-10-16-30)41(29-46(40)43)47(3,4)5/h6-8,11-13,17-21,23-24,26-30,39-40,42H,9-10,14-16,22,25H2,1-5H3. The minimum Gasteiger partial charge on any atom is -0.356 e. The number of fused-ring (bicyclic) bond motifs is 8. The van der Waals surface area contributed by atoms with Crippen LogP contribution in [0.1, 0.15) is 87.6 Å². The quantitative estimate of drug-likeness (QED) is 0.301. The minimum absolute atomic E-state index is 0.0518. The van der Waals surface area contributed by atoms with Crippen LogP contribution in [0, 0.1) is 11.3 Å². The maximum atomic E-state index is 2.82. The largest absolute Gasteiger partial charge is 0.356 e. The van der Waals surface area contributed by atoms with Crippen molar-refractivity contribution in [3.05, 3.63) is 147 Å². The van der Waals surface area contributed by atoms with E-state index in [-0.39, 0.29) is 23.0 Å². The van der Waals surface area contributed by atoms with Gasteiger partial charge in [-0.2, -0.15) is 0 Å². The van der Waals surface area contributed by atoms with Crippen molar-refractivity contribution < 1.29 is 0 Å². The Kier molecular flexibility index (Phi) is 6.65. The van der Waals surface area contributed by atoms with E-state index in [4.69, 9.17) is 0 Å². The van der Waals surface area contributed by atoms with Crippen LogP contribution in [-0.2, 0) is 0 Å². The Bertz CT molecular complexity index is 1850. The Morgan fingerprint density at radius 2 is 1.60 bits per heavy atom. The van der Waals surface area contributed by atoms with Gasteiger partial charge in [-0.05, 0) is 96.8 Å². The molecule has 0 spiro atoms. The second kappa shape index (κ2) is 10.5. The molecule has 7 aliphatic rings. The summed E-state index contributed by atoms with van der Waals surface area (Å²) < 4.78 is 0. The molecule has 4 heterocycles. The SMILES string of the molecule is CC12C(C3c4ccccc4C4C=CC(c5ccccc5)=CN43)=CC1(C)N1C=C(S(C)(C)C)C(CC3CCCC3)=CC1C1=C2CCC=C1. The molecule has 2 aromatic rings. The third-order valence-corrected chi connectivity index (χ3v) is 14.6. The molecular weight excluding hydrogens is 589 g/mol. The summed E-state index contributed by atoms with van der Waals surface area (Å²) in [7, 11) is -0.905. The number of nitrogens with zero attached hydrogens (tertiary/aromatic N) is 2. The van der Waals surface area contributed by atoms with E-state index in [0.29, 0.717) is 6.04 Å². The van der Waals surface area contributed by atoms with E-state index in [9.17, 15) is 0 Å². The summed E-state index contributed by atoms with van der Waals surface area (Å²) in [4.78, 5) is 7.14. The van der Waals surface area contributed by atoms with Gasteiger partial charge in [0.15, 0.2) is 0 Å². The van der Waals surface area contributed by atoms with Gasteiger partial charge in [-0.15, -0.1) is 0 Å². The van der Waals surface area contributed by atoms with Gasteiger partial charge >= 0.3 is 0 Å².